The molecule has 0 spiro atoms. The van der Waals surface area contributed by atoms with Crippen molar-refractivity contribution in [1.82, 2.24) is 4.90 Å². The number of nitrogens with zero attached hydrogens (tertiary/aromatic N) is 1. The quantitative estimate of drug-likeness (QED) is 0.736. The van der Waals surface area contributed by atoms with Crippen molar-refractivity contribution >= 4 is 11.6 Å². The molecule has 1 N–H and O–H groups in total. The van der Waals surface area contributed by atoms with Crippen LogP contribution in [-0.2, 0) is 9.53 Å². The molecule has 0 unspecified atom stereocenters. The van der Waals surface area contributed by atoms with E-state index >= 15 is 0 Å². The molecule has 0 aliphatic carbocycles. The Bertz CT molecular complexity index is 670. The molecule has 1 heterocycles. The van der Waals surface area contributed by atoms with Gasteiger partial charge in [0.15, 0.2) is 0 Å². The van der Waals surface area contributed by atoms with Gasteiger partial charge in [-0.1, -0.05) is 18.2 Å². The van der Waals surface area contributed by atoms with Crippen molar-refractivity contribution in [2.75, 3.05) is 51.4 Å². The predicted octanol–water partition coefficient (Wildman–Crippen LogP) is 2.42. The van der Waals surface area contributed by atoms with E-state index in [2.05, 4.69) is 5.32 Å². The van der Waals surface area contributed by atoms with Crippen LogP contribution in [-0.4, -0.2) is 56.9 Å². The van der Waals surface area contributed by atoms with E-state index in [0.29, 0.717) is 39.5 Å². The smallest absolute Gasteiger partial charge is 0.242 e. The summed E-state index contributed by atoms with van der Waals surface area (Å²) in [6, 6.07) is 17.2. The number of para-hydroxylation sites is 1. The summed E-state index contributed by atoms with van der Waals surface area (Å²) < 4.78 is 16.5. The highest BCUT2D eigenvalue weighted by Crippen LogP contribution is 2.16. The van der Waals surface area contributed by atoms with Crippen LogP contribution in [0.2, 0.25) is 0 Å². The molecular formula is C20H24N2O4. The number of nitrogens with one attached hydrogen (secondary N) is 1. The fourth-order valence-corrected chi connectivity index (χ4v) is 2.61. The van der Waals surface area contributed by atoms with Gasteiger partial charge in [0.2, 0.25) is 5.91 Å². The molecule has 1 fully saturated rings. The number of hydrogen-bond donors (Lipinski definition) is 1. The predicted molar refractivity (Wildman–Crippen MR) is 99.8 cm³/mol. The molecule has 0 aromatic heterocycles. The molecule has 3 rings (SSSR count). The van der Waals surface area contributed by atoms with Crippen LogP contribution < -0.4 is 14.8 Å². The second kappa shape index (κ2) is 9.68. The summed E-state index contributed by atoms with van der Waals surface area (Å²) in [5, 5.41) is 3.15. The molecule has 2 aromatic carbocycles. The second-order valence-electron chi connectivity index (χ2n) is 5.88. The molecule has 26 heavy (non-hydrogen) atoms. The standard InChI is InChI=1S/C20H24N2O4/c23-20(22-10-12-24-13-11-22)16-21-17-6-8-19(9-7-17)26-15-14-25-18-4-2-1-3-5-18/h1-9,21H,10-16H2. The summed E-state index contributed by atoms with van der Waals surface area (Å²) in [7, 11) is 0. The average Bonchev–Trinajstić information content (AvgIpc) is 2.72. The SMILES string of the molecule is O=C(CNc1ccc(OCCOc2ccccc2)cc1)N1CCOCC1. The normalized spacial score (nSPS) is 13.9. The summed E-state index contributed by atoms with van der Waals surface area (Å²) in [4.78, 5) is 13.9. The summed E-state index contributed by atoms with van der Waals surface area (Å²) >= 11 is 0. The van der Waals surface area contributed by atoms with Gasteiger partial charge >= 0.3 is 0 Å². The van der Waals surface area contributed by atoms with E-state index in [1.54, 1.807) is 0 Å². The van der Waals surface area contributed by atoms with E-state index in [1.807, 2.05) is 59.5 Å². The van der Waals surface area contributed by atoms with E-state index in [1.165, 1.54) is 0 Å². The van der Waals surface area contributed by atoms with Crippen molar-refractivity contribution in [3.63, 3.8) is 0 Å². The molecule has 1 aliphatic heterocycles. The molecule has 6 nitrogen and oxygen atoms in total. The first-order chi connectivity index (χ1) is 12.8. The average molecular weight is 356 g/mol. The monoisotopic (exact) mass is 356 g/mol. The molecule has 138 valence electrons. The third-order valence-electron chi connectivity index (χ3n) is 4.03. The van der Waals surface area contributed by atoms with E-state index in [9.17, 15) is 4.79 Å². The second-order valence-corrected chi connectivity index (χ2v) is 5.88. The lowest BCUT2D eigenvalue weighted by Gasteiger charge is -2.27. The minimum Gasteiger partial charge on any atom is -0.490 e. The van der Waals surface area contributed by atoms with Gasteiger partial charge in [0.05, 0.1) is 19.8 Å². The fourth-order valence-electron chi connectivity index (χ4n) is 2.61. The van der Waals surface area contributed by atoms with Gasteiger partial charge in [-0.25, -0.2) is 0 Å². The minimum absolute atomic E-state index is 0.0895. The van der Waals surface area contributed by atoms with Gasteiger partial charge in [0.25, 0.3) is 0 Å². The maximum atomic E-state index is 12.1. The van der Waals surface area contributed by atoms with Crippen molar-refractivity contribution < 1.29 is 19.0 Å². The highest BCUT2D eigenvalue weighted by atomic mass is 16.5. The number of carbonyl (C=O) groups is 1. The maximum Gasteiger partial charge on any atom is 0.242 e. The molecule has 1 aliphatic rings. The number of morpholine rings is 1. The van der Waals surface area contributed by atoms with Crippen LogP contribution in [0.3, 0.4) is 0 Å². The van der Waals surface area contributed by atoms with Gasteiger partial charge in [0, 0.05) is 18.8 Å². The number of benzene rings is 2. The maximum absolute atomic E-state index is 12.1. The van der Waals surface area contributed by atoms with Crippen LogP contribution in [0.15, 0.2) is 54.6 Å². The Morgan fingerprint density at radius 1 is 0.923 bits per heavy atom. The molecule has 1 saturated heterocycles. The van der Waals surface area contributed by atoms with Crippen molar-refractivity contribution in [2.24, 2.45) is 0 Å². The third-order valence-corrected chi connectivity index (χ3v) is 4.03. The molecule has 0 atom stereocenters. The first kappa shape index (κ1) is 18.1. The number of carbonyl (C=O) groups excluding carboxylic acids is 1. The first-order valence-electron chi connectivity index (χ1n) is 8.81. The van der Waals surface area contributed by atoms with Crippen LogP contribution in [0.4, 0.5) is 5.69 Å². The molecule has 6 heteroatoms. The molecule has 0 radical (unpaired) electrons. The molecule has 0 saturated carbocycles. The summed E-state index contributed by atoms with van der Waals surface area (Å²) in [6.45, 7) is 3.80. The third kappa shape index (κ3) is 5.67. The number of amides is 1. The van der Waals surface area contributed by atoms with E-state index in [4.69, 9.17) is 14.2 Å². The Kier molecular flexibility index (Phi) is 6.73. The highest BCUT2D eigenvalue weighted by molar-refractivity contribution is 5.81. The lowest BCUT2D eigenvalue weighted by molar-refractivity contribution is -0.133. The van der Waals surface area contributed by atoms with Gasteiger partial charge in [-0.15, -0.1) is 0 Å². The van der Waals surface area contributed by atoms with E-state index in [0.717, 1.165) is 17.2 Å². The van der Waals surface area contributed by atoms with Crippen LogP contribution in [0.1, 0.15) is 0 Å². The van der Waals surface area contributed by atoms with Gasteiger partial charge in [-0.3, -0.25) is 4.79 Å². The van der Waals surface area contributed by atoms with E-state index in [-0.39, 0.29) is 12.5 Å². The largest absolute Gasteiger partial charge is 0.490 e. The van der Waals surface area contributed by atoms with Gasteiger partial charge < -0.3 is 24.4 Å². The van der Waals surface area contributed by atoms with Crippen molar-refractivity contribution in [3.8, 4) is 11.5 Å². The zero-order chi connectivity index (χ0) is 18.0. The van der Waals surface area contributed by atoms with Gasteiger partial charge in [-0.05, 0) is 36.4 Å². The van der Waals surface area contributed by atoms with Crippen molar-refractivity contribution in [3.05, 3.63) is 54.6 Å². The number of rotatable bonds is 8. The molecule has 0 bridgehead atoms. The summed E-state index contributed by atoms with van der Waals surface area (Å²) in [5.74, 6) is 1.69. The van der Waals surface area contributed by atoms with E-state index < -0.39 is 0 Å². The minimum atomic E-state index is 0.0895. The number of anilines is 1. The van der Waals surface area contributed by atoms with Crippen molar-refractivity contribution in [1.29, 1.82) is 0 Å². The zero-order valence-corrected chi connectivity index (χ0v) is 14.7. The fraction of sp³-hybridized carbons (Fsp3) is 0.350. The number of ether oxygens (including phenoxy) is 3. The van der Waals surface area contributed by atoms with Gasteiger partial charge in [-0.2, -0.15) is 0 Å². The highest BCUT2D eigenvalue weighted by Gasteiger charge is 2.16. The Hall–Kier alpha value is -2.73. The number of hydrogen-bond acceptors (Lipinski definition) is 5. The van der Waals surface area contributed by atoms with Crippen LogP contribution in [0, 0.1) is 0 Å². The molecule has 1 amide bonds. The molecular weight excluding hydrogens is 332 g/mol. The Morgan fingerprint density at radius 2 is 1.54 bits per heavy atom. The Balaban J connectivity index is 1.35. The van der Waals surface area contributed by atoms with Crippen LogP contribution >= 0.6 is 0 Å². The first-order valence-corrected chi connectivity index (χ1v) is 8.81. The van der Waals surface area contributed by atoms with Gasteiger partial charge in [0.1, 0.15) is 24.7 Å². The summed E-state index contributed by atoms with van der Waals surface area (Å²) in [5.41, 5.74) is 0.888. The van der Waals surface area contributed by atoms with Crippen LogP contribution in [0.25, 0.3) is 0 Å². The Labute approximate surface area is 153 Å². The molecule has 2 aromatic rings. The topological polar surface area (TPSA) is 60.0 Å². The Morgan fingerprint density at radius 3 is 2.19 bits per heavy atom. The lowest BCUT2D eigenvalue weighted by Crippen LogP contribution is -2.43. The summed E-state index contributed by atoms with van der Waals surface area (Å²) in [6.07, 6.45) is 0. The van der Waals surface area contributed by atoms with Crippen molar-refractivity contribution in [2.45, 2.75) is 0 Å². The zero-order valence-electron chi connectivity index (χ0n) is 14.7. The lowest BCUT2D eigenvalue weighted by atomic mass is 10.3. The van der Waals surface area contributed by atoms with Crippen LogP contribution in [0.5, 0.6) is 11.5 Å².